The zero-order valence-corrected chi connectivity index (χ0v) is 11.0. The number of rotatable bonds is 6. The molecule has 1 unspecified atom stereocenters. The van der Waals surface area contributed by atoms with Gasteiger partial charge in [-0.05, 0) is 25.8 Å². The largest absolute Gasteiger partial charge is 0.356 e. The van der Waals surface area contributed by atoms with Gasteiger partial charge in [-0.25, -0.2) is 13.1 Å². The summed E-state index contributed by atoms with van der Waals surface area (Å²) in [6.07, 6.45) is 4.37. The molecule has 1 fully saturated rings. The summed E-state index contributed by atoms with van der Waals surface area (Å²) in [7, 11) is -3.09. The average molecular weight is 263 g/mol. The molecule has 1 aliphatic heterocycles. The third-order valence-corrected chi connectivity index (χ3v) is 3.36. The number of nitrogens with one attached hydrogen (secondary N) is 3. The molecule has 0 spiro atoms. The van der Waals surface area contributed by atoms with Gasteiger partial charge in [-0.3, -0.25) is 4.79 Å². The van der Waals surface area contributed by atoms with Crippen LogP contribution in [-0.2, 0) is 14.8 Å². The van der Waals surface area contributed by atoms with Gasteiger partial charge in [-0.1, -0.05) is 0 Å². The molecule has 1 atom stereocenters. The van der Waals surface area contributed by atoms with Crippen molar-refractivity contribution >= 4 is 15.9 Å². The molecule has 0 bridgehead atoms. The molecule has 3 N–H and O–H groups in total. The van der Waals surface area contributed by atoms with Gasteiger partial charge in [-0.15, -0.1) is 0 Å². The zero-order valence-electron chi connectivity index (χ0n) is 10.2. The Morgan fingerprint density at radius 3 is 2.88 bits per heavy atom. The lowest BCUT2D eigenvalue weighted by Crippen LogP contribution is -2.34. The lowest BCUT2D eigenvalue weighted by molar-refractivity contribution is -0.121. The van der Waals surface area contributed by atoms with E-state index in [1.165, 1.54) is 0 Å². The first-order valence-corrected chi connectivity index (χ1v) is 7.81. The highest BCUT2D eigenvalue weighted by atomic mass is 32.2. The van der Waals surface area contributed by atoms with Crippen molar-refractivity contribution in [2.75, 3.05) is 25.9 Å². The predicted molar refractivity (Wildman–Crippen MR) is 66.1 cm³/mol. The van der Waals surface area contributed by atoms with Crippen LogP contribution in [-0.4, -0.2) is 46.3 Å². The van der Waals surface area contributed by atoms with E-state index in [1.807, 2.05) is 0 Å². The van der Waals surface area contributed by atoms with E-state index >= 15 is 0 Å². The van der Waals surface area contributed by atoms with Crippen LogP contribution >= 0.6 is 0 Å². The van der Waals surface area contributed by atoms with Crippen LogP contribution in [0, 0.1) is 0 Å². The van der Waals surface area contributed by atoms with Gasteiger partial charge in [0.15, 0.2) is 0 Å². The van der Waals surface area contributed by atoms with Crippen molar-refractivity contribution in [3.05, 3.63) is 0 Å². The molecule has 100 valence electrons. The van der Waals surface area contributed by atoms with E-state index in [0.29, 0.717) is 13.0 Å². The van der Waals surface area contributed by atoms with Crippen LogP contribution in [0.15, 0.2) is 0 Å². The molecule has 1 rings (SSSR count). The van der Waals surface area contributed by atoms with Crippen molar-refractivity contribution in [2.24, 2.45) is 0 Å². The first-order valence-electron chi connectivity index (χ1n) is 5.92. The van der Waals surface area contributed by atoms with Crippen LogP contribution in [0.3, 0.4) is 0 Å². The number of hydrogen-bond donors (Lipinski definition) is 3. The molecule has 6 nitrogen and oxygen atoms in total. The van der Waals surface area contributed by atoms with Crippen LogP contribution in [0.1, 0.15) is 25.7 Å². The Kier molecular flexibility index (Phi) is 5.87. The van der Waals surface area contributed by atoms with Gasteiger partial charge in [0.2, 0.25) is 15.9 Å². The van der Waals surface area contributed by atoms with E-state index in [2.05, 4.69) is 15.4 Å². The second kappa shape index (κ2) is 6.93. The maximum Gasteiger partial charge on any atom is 0.221 e. The molecule has 0 aromatic rings. The second-order valence-electron chi connectivity index (χ2n) is 4.37. The van der Waals surface area contributed by atoms with Crippen molar-refractivity contribution in [3.8, 4) is 0 Å². The molecule has 1 aliphatic rings. The minimum Gasteiger partial charge on any atom is -0.356 e. The average Bonchev–Trinajstić information content (AvgIpc) is 2.40. The zero-order chi connectivity index (χ0) is 12.7. The van der Waals surface area contributed by atoms with E-state index < -0.39 is 10.0 Å². The maximum atomic E-state index is 11.3. The molecule has 1 heterocycles. The molecular weight excluding hydrogens is 242 g/mol. The highest BCUT2D eigenvalue weighted by Crippen LogP contribution is 2.05. The van der Waals surface area contributed by atoms with Crippen LogP contribution in [0.25, 0.3) is 0 Å². The molecule has 0 aromatic heterocycles. The molecule has 0 aliphatic carbocycles. The second-order valence-corrected chi connectivity index (χ2v) is 6.20. The third kappa shape index (κ3) is 7.30. The number of hydrogen-bond acceptors (Lipinski definition) is 4. The molecule has 7 heteroatoms. The topological polar surface area (TPSA) is 87.3 Å². The van der Waals surface area contributed by atoms with E-state index in [0.717, 1.165) is 38.6 Å². The first-order chi connectivity index (χ1) is 7.97. The van der Waals surface area contributed by atoms with Gasteiger partial charge < -0.3 is 10.6 Å². The normalized spacial score (nSPS) is 21.9. The highest BCUT2D eigenvalue weighted by Gasteiger charge is 2.16. The van der Waals surface area contributed by atoms with Crippen molar-refractivity contribution < 1.29 is 13.2 Å². The van der Waals surface area contributed by atoms with Gasteiger partial charge in [0.05, 0.1) is 6.26 Å². The Balaban J connectivity index is 2.11. The molecule has 0 aromatic carbocycles. The quantitative estimate of drug-likeness (QED) is 0.547. The van der Waals surface area contributed by atoms with Crippen molar-refractivity contribution in [2.45, 2.75) is 31.7 Å². The lowest BCUT2D eigenvalue weighted by atomic mass is 10.1. The summed E-state index contributed by atoms with van der Waals surface area (Å²) < 4.78 is 24.0. The minimum atomic E-state index is -3.09. The van der Waals surface area contributed by atoms with E-state index in [9.17, 15) is 13.2 Å². The van der Waals surface area contributed by atoms with E-state index in [-0.39, 0.29) is 11.9 Å². The fourth-order valence-corrected chi connectivity index (χ4v) is 2.32. The summed E-state index contributed by atoms with van der Waals surface area (Å²) in [5.41, 5.74) is 0. The van der Waals surface area contributed by atoms with Gasteiger partial charge in [-0.2, -0.15) is 0 Å². The Hall–Kier alpha value is -0.660. The predicted octanol–water partition coefficient (Wildman–Crippen LogP) is -0.816. The number of carbonyl (C=O) groups is 1. The van der Waals surface area contributed by atoms with Crippen molar-refractivity contribution in [1.29, 1.82) is 0 Å². The van der Waals surface area contributed by atoms with Crippen LogP contribution in [0.5, 0.6) is 0 Å². The Labute approximate surface area is 103 Å². The Bertz CT molecular complexity index is 343. The summed E-state index contributed by atoms with van der Waals surface area (Å²) in [6.45, 7) is 1.91. The molecule has 0 saturated carbocycles. The first kappa shape index (κ1) is 14.4. The standard InChI is InChI=1S/C10H21N3O3S/c1-17(15,16)13-7-3-6-11-9-4-2-5-12-10(14)8-9/h9,11,13H,2-8H2,1H3,(H,12,14). The Morgan fingerprint density at radius 1 is 1.41 bits per heavy atom. The molecular formula is C10H21N3O3S. The third-order valence-electron chi connectivity index (χ3n) is 2.63. The number of sulfonamides is 1. The molecule has 17 heavy (non-hydrogen) atoms. The van der Waals surface area contributed by atoms with Crippen LogP contribution in [0.2, 0.25) is 0 Å². The van der Waals surface area contributed by atoms with E-state index in [1.54, 1.807) is 0 Å². The van der Waals surface area contributed by atoms with Gasteiger partial charge >= 0.3 is 0 Å². The number of carbonyl (C=O) groups excluding carboxylic acids is 1. The SMILES string of the molecule is CS(=O)(=O)NCCCNC1CCCNC(=O)C1. The fourth-order valence-electron chi connectivity index (χ4n) is 1.80. The van der Waals surface area contributed by atoms with Crippen molar-refractivity contribution in [1.82, 2.24) is 15.4 Å². The molecule has 1 amide bonds. The highest BCUT2D eigenvalue weighted by molar-refractivity contribution is 7.88. The summed E-state index contributed by atoms with van der Waals surface area (Å²) in [5, 5.41) is 6.11. The van der Waals surface area contributed by atoms with Crippen LogP contribution < -0.4 is 15.4 Å². The molecule has 0 radical (unpaired) electrons. The number of amides is 1. The van der Waals surface area contributed by atoms with Crippen molar-refractivity contribution in [3.63, 3.8) is 0 Å². The lowest BCUT2D eigenvalue weighted by Gasteiger charge is -2.14. The van der Waals surface area contributed by atoms with E-state index in [4.69, 9.17) is 0 Å². The summed E-state index contributed by atoms with van der Waals surface area (Å²) in [4.78, 5) is 11.3. The van der Waals surface area contributed by atoms with Crippen LogP contribution in [0.4, 0.5) is 0 Å². The fraction of sp³-hybridized carbons (Fsp3) is 0.900. The molecule has 1 saturated heterocycles. The van der Waals surface area contributed by atoms with Gasteiger partial charge in [0, 0.05) is 25.6 Å². The summed E-state index contributed by atoms with van der Waals surface area (Å²) >= 11 is 0. The summed E-state index contributed by atoms with van der Waals surface area (Å²) in [6, 6.07) is 0.218. The van der Waals surface area contributed by atoms with Gasteiger partial charge in [0.1, 0.15) is 0 Å². The Morgan fingerprint density at radius 2 is 2.18 bits per heavy atom. The van der Waals surface area contributed by atoms with Gasteiger partial charge in [0.25, 0.3) is 0 Å². The smallest absolute Gasteiger partial charge is 0.221 e. The summed E-state index contributed by atoms with van der Waals surface area (Å²) in [5.74, 6) is 0.0919. The maximum absolute atomic E-state index is 11.3. The minimum absolute atomic E-state index is 0.0919. The monoisotopic (exact) mass is 263 g/mol.